The molecule has 1 N–H and O–H groups in total. The quantitative estimate of drug-likeness (QED) is 0.907. The number of thiophene rings is 1. The number of morpholine rings is 1. The van der Waals surface area contributed by atoms with Crippen molar-refractivity contribution in [3.05, 3.63) is 20.3 Å². The molecule has 8 heteroatoms. The fourth-order valence-electron chi connectivity index (χ4n) is 1.69. The van der Waals surface area contributed by atoms with Crippen LogP contribution in [0.15, 0.2) is 6.07 Å². The molecule has 0 aliphatic carbocycles. The van der Waals surface area contributed by atoms with Crippen molar-refractivity contribution in [1.82, 2.24) is 4.90 Å². The lowest BCUT2D eigenvalue weighted by Crippen LogP contribution is -2.52. The third-order valence-corrected chi connectivity index (χ3v) is 4.05. The van der Waals surface area contributed by atoms with Gasteiger partial charge >= 0.3 is 5.97 Å². The molecule has 1 fully saturated rings. The summed E-state index contributed by atoms with van der Waals surface area (Å²) in [4.78, 5) is 24.5. The predicted octanol–water partition coefficient (Wildman–Crippen LogP) is 1.98. The maximum absolute atomic E-state index is 12.2. The van der Waals surface area contributed by atoms with E-state index in [1.165, 1.54) is 11.0 Å². The molecular formula is C10H9Cl2NO4S. The summed E-state index contributed by atoms with van der Waals surface area (Å²) in [5.74, 6) is -1.53. The van der Waals surface area contributed by atoms with E-state index in [0.717, 1.165) is 11.3 Å². The van der Waals surface area contributed by atoms with Crippen LogP contribution < -0.4 is 0 Å². The summed E-state index contributed by atoms with van der Waals surface area (Å²) >= 11 is 12.7. The molecule has 1 atom stereocenters. The number of carboxylic acid groups (broad SMARTS) is 1. The van der Waals surface area contributed by atoms with Crippen molar-refractivity contribution in [3.8, 4) is 0 Å². The number of nitrogens with zero attached hydrogens (tertiary/aromatic N) is 1. The summed E-state index contributed by atoms with van der Waals surface area (Å²) in [6.07, 6.45) is 0. The first-order chi connectivity index (χ1) is 8.50. The first kappa shape index (κ1) is 13.6. The molecule has 1 aromatic heterocycles. The average molecular weight is 310 g/mol. The highest BCUT2D eigenvalue weighted by atomic mass is 35.5. The van der Waals surface area contributed by atoms with Gasteiger partial charge in [0.1, 0.15) is 4.34 Å². The third kappa shape index (κ3) is 2.61. The maximum atomic E-state index is 12.2. The highest BCUT2D eigenvalue weighted by Crippen LogP contribution is 2.32. The second kappa shape index (κ2) is 5.44. The van der Waals surface area contributed by atoms with Crippen LogP contribution in [0.2, 0.25) is 8.67 Å². The van der Waals surface area contributed by atoms with Gasteiger partial charge in [-0.15, -0.1) is 11.3 Å². The van der Waals surface area contributed by atoms with Crippen LogP contribution in [0.1, 0.15) is 10.4 Å². The Morgan fingerprint density at radius 1 is 1.50 bits per heavy atom. The molecular weight excluding hydrogens is 301 g/mol. The highest BCUT2D eigenvalue weighted by molar-refractivity contribution is 7.20. The van der Waals surface area contributed by atoms with Gasteiger partial charge in [0.25, 0.3) is 5.91 Å². The molecule has 1 amide bonds. The third-order valence-electron chi connectivity index (χ3n) is 2.56. The summed E-state index contributed by atoms with van der Waals surface area (Å²) in [5.41, 5.74) is 0.236. The Morgan fingerprint density at radius 3 is 2.78 bits per heavy atom. The average Bonchev–Trinajstić information content (AvgIpc) is 2.67. The largest absolute Gasteiger partial charge is 0.480 e. The zero-order chi connectivity index (χ0) is 13.3. The fourth-order valence-corrected chi connectivity index (χ4v) is 3.14. The molecule has 1 aliphatic rings. The second-order valence-corrected chi connectivity index (χ2v) is 5.95. The van der Waals surface area contributed by atoms with Crippen molar-refractivity contribution in [2.75, 3.05) is 19.8 Å². The molecule has 0 aromatic carbocycles. The number of amides is 1. The number of halogens is 2. The van der Waals surface area contributed by atoms with Gasteiger partial charge < -0.3 is 14.7 Å². The Morgan fingerprint density at radius 2 is 2.22 bits per heavy atom. The highest BCUT2D eigenvalue weighted by Gasteiger charge is 2.34. The van der Waals surface area contributed by atoms with Crippen LogP contribution in [0.5, 0.6) is 0 Å². The summed E-state index contributed by atoms with van der Waals surface area (Å²) in [6.45, 7) is 0.515. The second-order valence-electron chi connectivity index (χ2n) is 3.67. The molecule has 2 heterocycles. The summed E-state index contributed by atoms with van der Waals surface area (Å²) in [5, 5.41) is 9.05. The van der Waals surface area contributed by atoms with Gasteiger partial charge in [0.2, 0.25) is 0 Å². The first-order valence-corrected chi connectivity index (χ1v) is 6.64. The number of hydrogen-bond acceptors (Lipinski definition) is 4. The number of hydrogen-bond donors (Lipinski definition) is 1. The molecule has 2 rings (SSSR count). The number of carbonyl (C=O) groups is 2. The lowest BCUT2D eigenvalue weighted by molar-refractivity contribution is -0.147. The van der Waals surface area contributed by atoms with Crippen molar-refractivity contribution >= 4 is 46.4 Å². The van der Waals surface area contributed by atoms with Gasteiger partial charge in [-0.05, 0) is 6.07 Å². The number of carbonyl (C=O) groups excluding carboxylic acids is 1. The molecule has 98 valence electrons. The van der Waals surface area contributed by atoms with Crippen LogP contribution >= 0.6 is 34.5 Å². The van der Waals surface area contributed by atoms with Gasteiger partial charge in [0, 0.05) is 6.54 Å². The van der Waals surface area contributed by atoms with Crippen LogP contribution in [-0.4, -0.2) is 47.7 Å². The van der Waals surface area contributed by atoms with Crippen LogP contribution in [-0.2, 0) is 9.53 Å². The van der Waals surface area contributed by atoms with Crippen LogP contribution in [0.25, 0.3) is 0 Å². The van der Waals surface area contributed by atoms with Crippen LogP contribution in [0.4, 0.5) is 0 Å². The van der Waals surface area contributed by atoms with Crippen LogP contribution in [0.3, 0.4) is 0 Å². The fraction of sp³-hybridized carbons (Fsp3) is 0.400. The van der Waals surface area contributed by atoms with Crippen molar-refractivity contribution in [3.63, 3.8) is 0 Å². The maximum Gasteiger partial charge on any atom is 0.328 e. The number of carboxylic acids is 1. The SMILES string of the molecule is O=C(O)[C@@H]1COCCN1C(=O)c1cc(Cl)sc1Cl. The van der Waals surface area contributed by atoms with Gasteiger partial charge in [-0.3, -0.25) is 4.79 Å². The molecule has 1 saturated heterocycles. The Labute approximate surface area is 117 Å². The standard InChI is InChI=1S/C10H9Cl2NO4S/c11-7-3-5(8(12)18-7)9(14)13-1-2-17-4-6(13)10(15)16/h3,6H,1-2,4H2,(H,15,16)/t6-/m0/s1. The zero-order valence-electron chi connectivity index (χ0n) is 9.06. The number of rotatable bonds is 2. The monoisotopic (exact) mass is 309 g/mol. The summed E-state index contributed by atoms with van der Waals surface area (Å²) in [6, 6.07) is 0.464. The lowest BCUT2D eigenvalue weighted by atomic mass is 10.2. The zero-order valence-corrected chi connectivity index (χ0v) is 11.4. The number of aliphatic carboxylic acids is 1. The van der Waals surface area contributed by atoms with E-state index >= 15 is 0 Å². The molecule has 1 aromatic rings. The molecule has 0 spiro atoms. The van der Waals surface area contributed by atoms with E-state index in [1.807, 2.05) is 0 Å². The van der Waals surface area contributed by atoms with E-state index in [9.17, 15) is 9.59 Å². The van der Waals surface area contributed by atoms with E-state index in [2.05, 4.69) is 0 Å². The Kier molecular flexibility index (Phi) is 4.11. The van der Waals surface area contributed by atoms with Gasteiger partial charge in [-0.2, -0.15) is 0 Å². The topological polar surface area (TPSA) is 66.8 Å². The van der Waals surface area contributed by atoms with E-state index in [0.29, 0.717) is 10.9 Å². The minimum atomic E-state index is -1.10. The summed E-state index contributed by atoms with van der Waals surface area (Å²) in [7, 11) is 0. The Bertz CT molecular complexity index is 490. The smallest absolute Gasteiger partial charge is 0.328 e. The predicted molar refractivity (Wildman–Crippen MR) is 67.6 cm³/mol. The van der Waals surface area contributed by atoms with Crippen LogP contribution in [0, 0.1) is 0 Å². The molecule has 5 nitrogen and oxygen atoms in total. The van der Waals surface area contributed by atoms with E-state index < -0.39 is 17.9 Å². The normalized spacial score (nSPS) is 19.9. The molecule has 18 heavy (non-hydrogen) atoms. The van der Waals surface area contributed by atoms with Gasteiger partial charge in [0.05, 0.1) is 23.1 Å². The van der Waals surface area contributed by atoms with Crippen molar-refractivity contribution in [2.24, 2.45) is 0 Å². The van der Waals surface area contributed by atoms with Crippen molar-refractivity contribution in [1.29, 1.82) is 0 Å². The van der Waals surface area contributed by atoms with Crippen molar-refractivity contribution < 1.29 is 19.4 Å². The Balaban J connectivity index is 2.26. The molecule has 0 unspecified atom stereocenters. The Hall–Kier alpha value is -0.820. The number of ether oxygens (including phenoxy) is 1. The molecule has 1 aliphatic heterocycles. The minimum Gasteiger partial charge on any atom is -0.480 e. The first-order valence-electron chi connectivity index (χ1n) is 5.07. The van der Waals surface area contributed by atoms with E-state index in [1.54, 1.807) is 0 Å². The minimum absolute atomic E-state index is 0.0173. The summed E-state index contributed by atoms with van der Waals surface area (Å²) < 4.78 is 5.72. The van der Waals surface area contributed by atoms with Gasteiger partial charge in [-0.25, -0.2) is 4.79 Å². The lowest BCUT2D eigenvalue weighted by Gasteiger charge is -2.32. The van der Waals surface area contributed by atoms with Gasteiger partial charge in [-0.1, -0.05) is 23.2 Å². The van der Waals surface area contributed by atoms with E-state index in [4.69, 9.17) is 33.0 Å². The molecule has 0 bridgehead atoms. The van der Waals surface area contributed by atoms with Gasteiger partial charge in [0.15, 0.2) is 6.04 Å². The van der Waals surface area contributed by atoms with E-state index in [-0.39, 0.29) is 23.1 Å². The molecule has 0 radical (unpaired) electrons. The molecule has 0 saturated carbocycles. The van der Waals surface area contributed by atoms with Crippen molar-refractivity contribution in [2.45, 2.75) is 6.04 Å².